The lowest BCUT2D eigenvalue weighted by Gasteiger charge is -2.21. The van der Waals surface area contributed by atoms with Gasteiger partial charge in [-0.05, 0) is 24.1 Å². The van der Waals surface area contributed by atoms with Crippen molar-refractivity contribution in [1.82, 2.24) is 4.90 Å². The number of hydrogen-bond acceptors (Lipinski definition) is 4. The zero-order valence-electron chi connectivity index (χ0n) is 10.9. The molecule has 0 radical (unpaired) electrons. The highest BCUT2D eigenvalue weighted by Crippen LogP contribution is 2.19. The van der Waals surface area contributed by atoms with Gasteiger partial charge in [0.2, 0.25) is 0 Å². The molecule has 18 heavy (non-hydrogen) atoms. The molecular formula is C14H21N3O. The summed E-state index contributed by atoms with van der Waals surface area (Å²) >= 11 is 0. The van der Waals surface area contributed by atoms with Crippen LogP contribution in [0.3, 0.4) is 0 Å². The van der Waals surface area contributed by atoms with Gasteiger partial charge in [0.25, 0.3) is 0 Å². The van der Waals surface area contributed by atoms with E-state index < -0.39 is 0 Å². The molecule has 1 aliphatic rings. The van der Waals surface area contributed by atoms with Gasteiger partial charge in [0.1, 0.15) is 0 Å². The van der Waals surface area contributed by atoms with Gasteiger partial charge < -0.3 is 20.3 Å². The maximum atomic E-state index is 5.60. The number of nitrogens with zero attached hydrogens (tertiary/aromatic N) is 2. The molecule has 0 bridgehead atoms. The molecular weight excluding hydrogens is 226 g/mol. The van der Waals surface area contributed by atoms with Gasteiger partial charge >= 0.3 is 0 Å². The summed E-state index contributed by atoms with van der Waals surface area (Å²) in [5.41, 5.74) is 7.97. The largest absolute Gasteiger partial charge is 0.385 e. The van der Waals surface area contributed by atoms with Gasteiger partial charge in [-0.1, -0.05) is 12.1 Å². The zero-order chi connectivity index (χ0) is 12.8. The minimum Gasteiger partial charge on any atom is -0.385 e. The topological polar surface area (TPSA) is 41.7 Å². The number of anilines is 1. The quantitative estimate of drug-likeness (QED) is 0.777. The third-order valence-electron chi connectivity index (χ3n) is 3.09. The maximum Gasteiger partial charge on any atom is 0.0941 e. The second-order valence-electron chi connectivity index (χ2n) is 4.44. The van der Waals surface area contributed by atoms with Crippen molar-refractivity contribution in [2.24, 2.45) is 5.73 Å². The van der Waals surface area contributed by atoms with Crippen molar-refractivity contribution in [2.75, 3.05) is 31.8 Å². The molecule has 0 fully saturated rings. The van der Waals surface area contributed by atoms with Crippen molar-refractivity contribution in [1.29, 1.82) is 0 Å². The van der Waals surface area contributed by atoms with Gasteiger partial charge in [-0.3, -0.25) is 0 Å². The highest BCUT2D eigenvalue weighted by Gasteiger charge is 2.12. The number of ether oxygens (including phenoxy) is 1. The summed E-state index contributed by atoms with van der Waals surface area (Å²) in [5, 5.41) is 0. The van der Waals surface area contributed by atoms with Crippen LogP contribution in [0.1, 0.15) is 12.0 Å². The average Bonchev–Trinajstić information content (AvgIpc) is 2.88. The third kappa shape index (κ3) is 3.24. The smallest absolute Gasteiger partial charge is 0.0941 e. The summed E-state index contributed by atoms with van der Waals surface area (Å²) in [7, 11) is 1.74. The van der Waals surface area contributed by atoms with E-state index in [1.807, 2.05) is 0 Å². The molecule has 1 aliphatic heterocycles. The Balaban J connectivity index is 1.86. The van der Waals surface area contributed by atoms with Crippen molar-refractivity contribution in [3.05, 3.63) is 42.2 Å². The SMILES string of the molecule is COCCCN1C=CN(c2ccc(CN)cc2)C1. The van der Waals surface area contributed by atoms with Crippen LogP contribution in [-0.2, 0) is 11.3 Å². The third-order valence-corrected chi connectivity index (χ3v) is 3.09. The van der Waals surface area contributed by atoms with E-state index >= 15 is 0 Å². The van der Waals surface area contributed by atoms with E-state index in [0.29, 0.717) is 6.54 Å². The Bertz CT molecular complexity index is 389. The van der Waals surface area contributed by atoms with E-state index in [4.69, 9.17) is 10.5 Å². The fourth-order valence-corrected chi connectivity index (χ4v) is 2.01. The van der Waals surface area contributed by atoms with Crippen molar-refractivity contribution in [3.63, 3.8) is 0 Å². The van der Waals surface area contributed by atoms with E-state index in [1.165, 1.54) is 11.3 Å². The molecule has 0 spiro atoms. The first-order valence-corrected chi connectivity index (χ1v) is 6.30. The molecule has 0 aromatic heterocycles. The molecule has 98 valence electrons. The van der Waals surface area contributed by atoms with Gasteiger partial charge in [-0.15, -0.1) is 0 Å². The van der Waals surface area contributed by atoms with Crippen LogP contribution >= 0.6 is 0 Å². The fraction of sp³-hybridized carbons (Fsp3) is 0.429. The second kappa shape index (κ2) is 6.42. The first-order valence-electron chi connectivity index (χ1n) is 6.30. The summed E-state index contributed by atoms with van der Waals surface area (Å²) in [6.45, 7) is 3.35. The number of benzene rings is 1. The molecule has 0 atom stereocenters. The van der Waals surface area contributed by atoms with Gasteiger partial charge in [0.15, 0.2) is 0 Å². The lowest BCUT2D eigenvalue weighted by atomic mass is 10.2. The molecule has 2 rings (SSSR count). The molecule has 4 heteroatoms. The molecule has 0 unspecified atom stereocenters. The minimum absolute atomic E-state index is 0.596. The number of rotatable bonds is 6. The van der Waals surface area contributed by atoms with Crippen LogP contribution in [0.2, 0.25) is 0 Å². The van der Waals surface area contributed by atoms with E-state index in [0.717, 1.165) is 26.2 Å². The lowest BCUT2D eigenvalue weighted by molar-refractivity contribution is 0.185. The zero-order valence-corrected chi connectivity index (χ0v) is 10.9. The monoisotopic (exact) mass is 247 g/mol. The Kier molecular flexibility index (Phi) is 4.61. The lowest BCUT2D eigenvalue weighted by Crippen LogP contribution is -2.26. The number of methoxy groups -OCH3 is 1. The summed E-state index contributed by atoms with van der Waals surface area (Å²) in [5.74, 6) is 0. The van der Waals surface area contributed by atoms with Crippen LogP contribution in [0.25, 0.3) is 0 Å². The summed E-state index contributed by atoms with van der Waals surface area (Å²) < 4.78 is 5.06. The van der Waals surface area contributed by atoms with Crippen molar-refractivity contribution in [2.45, 2.75) is 13.0 Å². The average molecular weight is 247 g/mol. The van der Waals surface area contributed by atoms with Crippen LogP contribution in [0.5, 0.6) is 0 Å². The molecule has 0 aliphatic carbocycles. The Morgan fingerprint density at radius 3 is 2.67 bits per heavy atom. The van der Waals surface area contributed by atoms with Crippen LogP contribution in [-0.4, -0.2) is 31.8 Å². The van der Waals surface area contributed by atoms with E-state index in [1.54, 1.807) is 7.11 Å². The van der Waals surface area contributed by atoms with E-state index in [2.05, 4.69) is 46.5 Å². The highest BCUT2D eigenvalue weighted by atomic mass is 16.5. The van der Waals surface area contributed by atoms with Gasteiger partial charge in [-0.2, -0.15) is 0 Å². The molecule has 1 aromatic carbocycles. The number of nitrogens with two attached hydrogens (primary N) is 1. The van der Waals surface area contributed by atoms with Crippen LogP contribution in [0.4, 0.5) is 5.69 Å². The molecule has 2 N–H and O–H groups in total. The predicted molar refractivity (Wildman–Crippen MR) is 74.0 cm³/mol. The van der Waals surface area contributed by atoms with Crippen LogP contribution in [0.15, 0.2) is 36.7 Å². The first kappa shape index (κ1) is 12.9. The van der Waals surface area contributed by atoms with Gasteiger partial charge in [-0.25, -0.2) is 0 Å². The van der Waals surface area contributed by atoms with E-state index in [-0.39, 0.29) is 0 Å². The molecule has 0 amide bonds. The summed E-state index contributed by atoms with van der Waals surface area (Å²) in [6, 6.07) is 8.39. The van der Waals surface area contributed by atoms with Crippen LogP contribution in [0, 0.1) is 0 Å². The molecule has 0 saturated heterocycles. The fourth-order valence-electron chi connectivity index (χ4n) is 2.01. The summed E-state index contributed by atoms with van der Waals surface area (Å²) in [6.07, 6.45) is 5.30. The van der Waals surface area contributed by atoms with Gasteiger partial charge in [0, 0.05) is 44.9 Å². The molecule has 4 nitrogen and oxygen atoms in total. The van der Waals surface area contributed by atoms with Gasteiger partial charge in [0.05, 0.1) is 6.67 Å². The Morgan fingerprint density at radius 1 is 1.22 bits per heavy atom. The highest BCUT2D eigenvalue weighted by molar-refractivity contribution is 5.51. The Labute approximate surface area is 109 Å². The molecule has 1 aromatic rings. The van der Waals surface area contributed by atoms with E-state index in [9.17, 15) is 0 Å². The standard InChI is InChI=1S/C14H21N3O/c1-18-10-2-7-16-8-9-17(12-16)14-5-3-13(11-15)4-6-14/h3-6,8-9H,2,7,10-12,15H2,1H3. The van der Waals surface area contributed by atoms with Crippen molar-refractivity contribution in [3.8, 4) is 0 Å². The summed E-state index contributed by atoms with van der Waals surface area (Å²) in [4.78, 5) is 4.52. The minimum atomic E-state index is 0.596. The van der Waals surface area contributed by atoms with Crippen molar-refractivity contribution < 1.29 is 4.74 Å². The van der Waals surface area contributed by atoms with Crippen molar-refractivity contribution >= 4 is 5.69 Å². The van der Waals surface area contributed by atoms with Crippen LogP contribution < -0.4 is 10.6 Å². The maximum absolute atomic E-state index is 5.60. The molecule has 1 heterocycles. The second-order valence-corrected chi connectivity index (χ2v) is 4.44. The Morgan fingerprint density at radius 2 is 2.00 bits per heavy atom. The first-order chi connectivity index (χ1) is 8.83. The predicted octanol–water partition coefficient (Wildman–Crippen LogP) is 1.73. The number of hydrogen-bond donors (Lipinski definition) is 1. The Hall–Kier alpha value is -1.52. The normalized spacial score (nSPS) is 14.6. The molecule has 0 saturated carbocycles.